The number of benzene rings is 3. The number of amides is 1. The smallest absolute Gasteiger partial charge is 0.264 e. The number of halogens is 1. The van der Waals surface area contributed by atoms with Crippen molar-refractivity contribution in [2.75, 3.05) is 32.2 Å². The first-order valence-corrected chi connectivity index (χ1v) is 12.1. The Bertz CT molecular complexity index is 1310. The molecule has 1 amide bonds. The maximum absolute atomic E-state index is 13.4. The van der Waals surface area contributed by atoms with Gasteiger partial charge in [-0.3, -0.25) is 9.10 Å². The topological polar surface area (TPSA) is 107 Å². The van der Waals surface area contributed by atoms with Crippen LogP contribution in [0.15, 0.2) is 76.7 Å². The maximum atomic E-state index is 13.4. The van der Waals surface area contributed by atoms with Gasteiger partial charge in [0.25, 0.3) is 15.9 Å². The van der Waals surface area contributed by atoms with Crippen molar-refractivity contribution >= 4 is 39.4 Å². The second-order valence-electron chi connectivity index (χ2n) is 7.07. The lowest BCUT2D eigenvalue weighted by Gasteiger charge is -2.24. The van der Waals surface area contributed by atoms with Crippen molar-refractivity contribution in [2.24, 2.45) is 5.10 Å². The molecule has 0 atom stereocenters. The number of nitrogens with zero attached hydrogens (tertiary/aromatic N) is 2. The van der Waals surface area contributed by atoms with Crippen LogP contribution >= 0.6 is 11.6 Å². The average Bonchev–Trinajstić information content (AvgIpc) is 2.87. The number of carbonyl (C=O) groups excluding carboxylic acids is 1. The van der Waals surface area contributed by atoms with Crippen molar-refractivity contribution in [3.05, 3.63) is 77.3 Å². The van der Waals surface area contributed by atoms with Gasteiger partial charge in [-0.1, -0.05) is 17.7 Å². The number of nitrogens with one attached hydrogen (secondary N) is 1. The molecular weight excluding hydrogens is 494 g/mol. The summed E-state index contributed by atoms with van der Waals surface area (Å²) in [4.78, 5) is 12.7. The lowest BCUT2D eigenvalue weighted by Crippen LogP contribution is -2.39. The molecular formula is C24H24ClN3O6S. The van der Waals surface area contributed by atoms with Gasteiger partial charge in [-0.25, -0.2) is 13.8 Å². The Hall–Kier alpha value is -3.76. The molecule has 184 valence electrons. The van der Waals surface area contributed by atoms with Gasteiger partial charge in [0.05, 0.1) is 38.1 Å². The minimum absolute atomic E-state index is 0.0162. The Kier molecular flexibility index (Phi) is 8.56. The quantitative estimate of drug-likeness (QED) is 0.324. The third kappa shape index (κ3) is 6.43. The van der Waals surface area contributed by atoms with Crippen LogP contribution in [0.5, 0.6) is 17.2 Å². The first-order chi connectivity index (χ1) is 16.8. The van der Waals surface area contributed by atoms with E-state index in [0.29, 0.717) is 27.8 Å². The number of hydrazone groups is 1. The third-order valence-corrected chi connectivity index (χ3v) is 6.89. The van der Waals surface area contributed by atoms with Gasteiger partial charge in [0.15, 0.2) is 0 Å². The highest BCUT2D eigenvalue weighted by molar-refractivity contribution is 7.92. The molecule has 0 aliphatic carbocycles. The summed E-state index contributed by atoms with van der Waals surface area (Å²) in [5.74, 6) is 0.930. The molecule has 11 heteroatoms. The van der Waals surface area contributed by atoms with E-state index in [1.54, 1.807) is 36.4 Å². The summed E-state index contributed by atoms with van der Waals surface area (Å²) < 4.78 is 43.3. The first kappa shape index (κ1) is 25.9. The maximum Gasteiger partial charge on any atom is 0.264 e. The number of carbonyl (C=O) groups is 1. The zero-order valence-corrected chi connectivity index (χ0v) is 20.8. The summed E-state index contributed by atoms with van der Waals surface area (Å²) in [5, 5.41) is 4.26. The number of hydrogen-bond donors (Lipinski definition) is 1. The summed E-state index contributed by atoms with van der Waals surface area (Å²) in [5.41, 5.74) is 3.17. The van der Waals surface area contributed by atoms with E-state index in [0.717, 1.165) is 4.31 Å². The van der Waals surface area contributed by atoms with Crippen molar-refractivity contribution in [3.8, 4) is 17.2 Å². The van der Waals surface area contributed by atoms with Crippen molar-refractivity contribution in [3.63, 3.8) is 0 Å². The monoisotopic (exact) mass is 517 g/mol. The Labute approximate surface area is 208 Å². The van der Waals surface area contributed by atoms with E-state index in [-0.39, 0.29) is 10.6 Å². The van der Waals surface area contributed by atoms with E-state index in [9.17, 15) is 13.2 Å². The Balaban J connectivity index is 1.84. The summed E-state index contributed by atoms with van der Waals surface area (Å²) in [6, 6.07) is 17.2. The zero-order valence-electron chi connectivity index (χ0n) is 19.3. The number of sulfonamides is 1. The second kappa shape index (κ2) is 11.6. The fourth-order valence-electron chi connectivity index (χ4n) is 3.09. The highest BCUT2D eigenvalue weighted by Gasteiger charge is 2.27. The van der Waals surface area contributed by atoms with Gasteiger partial charge in [-0.15, -0.1) is 0 Å². The molecule has 0 aliphatic rings. The predicted molar refractivity (Wildman–Crippen MR) is 134 cm³/mol. The molecule has 3 aromatic rings. The Morgan fingerprint density at radius 3 is 2.29 bits per heavy atom. The molecule has 0 saturated heterocycles. The molecule has 1 N–H and O–H groups in total. The molecule has 3 rings (SSSR count). The van der Waals surface area contributed by atoms with Crippen LogP contribution in [0.2, 0.25) is 5.02 Å². The minimum atomic E-state index is -4.11. The summed E-state index contributed by atoms with van der Waals surface area (Å²) in [6.07, 6.45) is 1.39. The first-order valence-electron chi connectivity index (χ1n) is 10.2. The summed E-state index contributed by atoms with van der Waals surface area (Å²) in [7, 11) is 0.400. The lowest BCUT2D eigenvalue weighted by atomic mass is 10.2. The van der Waals surface area contributed by atoms with Gasteiger partial charge in [0, 0.05) is 16.7 Å². The van der Waals surface area contributed by atoms with Gasteiger partial charge in [0.1, 0.15) is 23.8 Å². The van der Waals surface area contributed by atoms with Gasteiger partial charge < -0.3 is 14.2 Å². The van der Waals surface area contributed by atoms with Crippen molar-refractivity contribution in [1.29, 1.82) is 0 Å². The van der Waals surface area contributed by atoms with E-state index in [2.05, 4.69) is 10.5 Å². The molecule has 3 aromatic carbocycles. The number of anilines is 1. The molecule has 0 spiro atoms. The normalized spacial score (nSPS) is 11.2. The molecule has 35 heavy (non-hydrogen) atoms. The van der Waals surface area contributed by atoms with E-state index in [1.165, 1.54) is 57.9 Å². The number of rotatable bonds is 10. The van der Waals surface area contributed by atoms with Crippen LogP contribution < -0.4 is 23.9 Å². The van der Waals surface area contributed by atoms with Crippen LogP contribution in [-0.4, -0.2) is 48.4 Å². The largest absolute Gasteiger partial charge is 0.497 e. The molecule has 0 aromatic heterocycles. The van der Waals surface area contributed by atoms with E-state index >= 15 is 0 Å². The van der Waals surface area contributed by atoms with Crippen LogP contribution in [0.3, 0.4) is 0 Å². The number of ether oxygens (including phenoxy) is 3. The molecule has 0 fully saturated rings. The molecule has 0 saturated carbocycles. The average molecular weight is 518 g/mol. The van der Waals surface area contributed by atoms with Crippen LogP contribution in [0.4, 0.5) is 5.69 Å². The summed E-state index contributed by atoms with van der Waals surface area (Å²) in [6.45, 7) is -0.536. The van der Waals surface area contributed by atoms with Crippen molar-refractivity contribution in [2.45, 2.75) is 4.90 Å². The van der Waals surface area contributed by atoms with Gasteiger partial charge in [0.2, 0.25) is 0 Å². The van der Waals surface area contributed by atoms with Crippen molar-refractivity contribution in [1.82, 2.24) is 5.43 Å². The van der Waals surface area contributed by atoms with E-state index in [4.69, 9.17) is 25.8 Å². The molecule has 0 bridgehead atoms. The van der Waals surface area contributed by atoms with E-state index in [1.807, 2.05) is 0 Å². The molecule has 9 nitrogen and oxygen atoms in total. The minimum Gasteiger partial charge on any atom is -0.497 e. The predicted octanol–water partition coefficient (Wildman–Crippen LogP) is 3.71. The lowest BCUT2D eigenvalue weighted by molar-refractivity contribution is -0.119. The van der Waals surface area contributed by atoms with Crippen molar-refractivity contribution < 1.29 is 27.4 Å². The van der Waals surface area contributed by atoms with Crippen LogP contribution in [-0.2, 0) is 14.8 Å². The van der Waals surface area contributed by atoms with Gasteiger partial charge in [-0.05, 0) is 54.6 Å². The number of hydrogen-bond acceptors (Lipinski definition) is 7. The Morgan fingerprint density at radius 1 is 0.971 bits per heavy atom. The van der Waals surface area contributed by atoms with E-state index < -0.39 is 22.5 Å². The molecule has 0 radical (unpaired) electrons. The summed E-state index contributed by atoms with van der Waals surface area (Å²) >= 11 is 6.08. The van der Waals surface area contributed by atoms with Crippen LogP contribution in [0, 0.1) is 0 Å². The number of methoxy groups -OCH3 is 3. The fourth-order valence-corrected chi connectivity index (χ4v) is 4.68. The zero-order chi connectivity index (χ0) is 25.4. The van der Waals surface area contributed by atoms with Crippen LogP contribution in [0.25, 0.3) is 0 Å². The van der Waals surface area contributed by atoms with Gasteiger partial charge >= 0.3 is 0 Å². The molecule has 0 heterocycles. The van der Waals surface area contributed by atoms with Gasteiger partial charge in [-0.2, -0.15) is 5.10 Å². The fraction of sp³-hybridized carbons (Fsp3) is 0.167. The standard InChI is InChI=1S/C24H24ClN3O6S/c1-32-20-9-11-22(12-10-20)35(30,31)28(19-6-4-5-18(25)13-19)16-24(29)27-26-15-17-7-8-21(33-2)14-23(17)34-3/h4-15H,16H2,1-3H3,(H,27,29)/b26-15-. The highest BCUT2D eigenvalue weighted by Crippen LogP contribution is 2.27. The molecule has 0 aliphatic heterocycles. The SMILES string of the molecule is COc1ccc(S(=O)(=O)N(CC(=O)N/N=C\c2ccc(OC)cc2OC)c2cccc(Cl)c2)cc1. The molecule has 0 unspecified atom stereocenters. The highest BCUT2D eigenvalue weighted by atomic mass is 35.5. The van der Waals surface area contributed by atoms with Crippen LogP contribution in [0.1, 0.15) is 5.56 Å². The third-order valence-electron chi connectivity index (χ3n) is 4.86. The second-order valence-corrected chi connectivity index (χ2v) is 9.37. The Morgan fingerprint density at radius 2 is 1.66 bits per heavy atom.